The summed E-state index contributed by atoms with van der Waals surface area (Å²) in [6.45, 7) is 8.70. The summed E-state index contributed by atoms with van der Waals surface area (Å²) in [4.78, 5) is 48.2. The number of fused-ring (bicyclic) bond motifs is 2. The molecule has 2 amide bonds. The summed E-state index contributed by atoms with van der Waals surface area (Å²) >= 11 is 0. The van der Waals surface area contributed by atoms with Crippen LogP contribution in [-0.2, 0) is 36.0 Å². The monoisotopic (exact) mass is 851 g/mol. The number of carbonyl (C=O) groups excluding carboxylic acids is 2. The highest BCUT2D eigenvalue weighted by molar-refractivity contribution is 6.09. The first-order valence-electron chi connectivity index (χ1n) is 21.8. The highest BCUT2D eigenvalue weighted by Crippen LogP contribution is 2.37. The van der Waals surface area contributed by atoms with E-state index in [1.165, 1.54) is 17.7 Å². The van der Waals surface area contributed by atoms with Crippen LogP contribution in [0.25, 0.3) is 22.2 Å². The van der Waals surface area contributed by atoms with Gasteiger partial charge in [-0.2, -0.15) is 5.10 Å². The number of carbonyl (C=O) groups is 2. The van der Waals surface area contributed by atoms with Crippen molar-refractivity contribution in [1.29, 1.82) is 0 Å². The van der Waals surface area contributed by atoms with E-state index in [2.05, 4.69) is 17.0 Å². The second kappa shape index (κ2) is 17.8. The Bertz CT molecular complexity index is 2690. The Balaban J connectivity index is 1.11. The number of hydrogen-bond donors (Lipinski definition) is 0. The van der Waals surface area contributed by atoms with Crippen molar-refractivity contribution in [2.75, 3.05) is 51.5 Å². The average molecular weight is 852 g/mol. The zero-order valence-corrected chi connectivity index (χ0v) is 36.3. The molecular weight excluding hydrogens is 799 g/mol. The van der Waals surface area contributed by atoms with E-state index in [-0.39, 0.29) is 36.3 Å². The predicted octanol–water partition coefficient (Wildman–Crippen LogP) is 8.02. The number of benzene rings is 4. The van der Waals surface area contributed by atoms with Crippen molar-refractivity contribution >= 4 is 34.1 Å². The molecule has 1 unspecified atom stereocenters. The van der Waals surface area contributed by atoms with Crippen molar-refractivity contribution in [3.05, 3.63) is 140 Å². The van der Waals surface area contributed by atoms with E-state index in [4.69, 9.17) is 19.3 Å². The Hall–Kier alpha value is -6.35. The molecule has 5 heterocycles. The lowest BCUT2D eigenvalue weighted by molar-refractivity contribution is -0.384. The maximum Gasteiger partial charge on any atom is 0.270 e. The number of anilines is 1. The maximum atomic E-state index is 15.3. The molecule has 63 heavy (non-hydrogen) atoms. The summed E-state index contributed by atoms with van der Waals surface area (Å²) in [5.74, 6) is 0.229. The second-order valence-corrected chi connectivity index (χ2v) is 16.8. The number of non-ortho nitro benzene ring substituents is 1. The van der Waals surface area contributed by atoms with Gasteiger partial charge in [-0.05, 0) is 98.2 Å². The molecule has 3 aliphatic heterocycles. The first kappa shape index (κ1) is 42.0. The Kier molecular flexibility index (Phi) is 11.9. The average Bonchev–Trinajstić information content (AvgIpc) is 3.87. The number of methoxy groups -OCH3 is 1. The number of hydrogen-bond acceptors (Lipinski definition) is 9. The molecule has 0 radical (unpaired) electrons. The molecule has 0 N–H and O–H groups in total. The number of ether oxygens (including phenoxy) is 3. The number of rotatable bonds is 11. The van der Waals surface area contributed by atoms with E-state index in [1.54, 1.807) is 24.1 Å². The van der Waals surface area contributed by atoms with Crippen LogP contribution in [0.15, 0.2) is 91.1 Å². The van der Waals surface area contributed by atoms with Crippen LogP contribution in [0.4, 0.5) is 11.4 Å². The van der Waals surface area contributed by atoms with Crippen molar-refractivity contribution in [3.63, 3.8) is 0 Å². The van der Waals surface area contributed by atoms with Crippen LogP contribution in [0.1, 0.15) is 74.2 Å². The Morgan fingerprint density at radius 1 is 0.937 bits per heavy atom. The number of nitro groups is 1. The smallest absolute Gasteiger partial charge is 0.270 e. The summed E-state index contributed by atoms with van der Waals surface area (Å²) in [6.07, 6.45) is 5.34. The number of morpholine rings is 1. The lowest BCUT2D eigenvalue weighted by Crippen LogP contribution is -2.52. The minimum Gasteiger partial charge on any atom is -0.496 e. The van der Waals surface area contributed by atoms with Gasteiger partial charge in [-0.15, -0.1) is 0 Å². The molecule has 326 valence electrons. The van der Waals surface area contributed by atoms with Gasteiger partial charge in [-0.3, -0.25) is 24.6 Å². The van der Waals surface area contributed by atoms with E-state index in [9.17, 15) is 10.1 Å². The molecule has 14 nitrogen and oxygen atoms in total. The Morgan fingerprint density at radius 2 is 1.75 bits per heavy atom. The van der Waals surface area contributed by atoms with Gasteiger partial charge in [0.2, 0.25) is 0 Å². The first-order chi connectivity index (χ1) is 30.6. The van der Waals surface area contributed by atoms with Gasteiger partial charge in [0.15, 0.2) is 6.23 Å². The zero-order chi connectivity index (χ0) is 43.8. The molecule has 2 aromatic heterocycles. The quantitative estimate of drug-likeness (QED) is 0.0938. The predicted molar refractivity (Wildman–Crippen MR) is 240 cm³/mol. The normalized spacial score (nSPS) is 18.0. The fourth-order valence-electron chi connectivity index (χ4n) is 9.45. The second-order valence-electron chi connectivity index (χ2n) is 16.8. The van der Waals surface area contributed by atoms with Crippen molar-refractivity contribution in [1.82, 2.24) is 24.1 Å². The zero-order valence-electron chi connectivity index (χ0n) is 36.3. The summed E-state index contributed by atoms with van der Waals surface area (Å²) < 4.78 is 21.1. The van der Waals surface area contributed by atoms with Gasteiger partial charge in [-0.1, -0.05) is 36.4 Å². The van der Waals surface area contributed by atoms with Crippen LogP contribution in [-0.4, -0.2) is 93.5 Å². The Labute approximate surface area is 366 Å². The fourth-order valence-corrected chi connectivity index (χ4v) is 9.45. The van der Waals surface area contributed by atoms with Crippen molar-refractivity contribution < 1.29 is 28.7 Å². The van der Waals surface area contributed by atoms with Crippen LogP contribution in [0, 0.1) is 24.0 Å². The lowest BCUT2D eigenvalue weighted by Gasteiger charge is -2.40. The van der Waals surface area contributed by atoms with Gasteiger partial charge in [0.05, 0.1) is 49.1 Å². The van der Waals surface area contributed by atoms with Crippen molar-refractivity contribution in [2.24, 2.45) is 7.05 Å². The van der Waals surface area contributed by atoms with E-state index in [0.29, 0.717) is 73.1 Å². The molecule has 6 aromatic rings. The third-order valence-electron chi connectivity index (χ3n) is 13.2. The summed E-state index contributed by atoms with van der Waals surface area (Å²) in [7, 11) is 3.46. The van der Waals surface area contributed by atoms with E-state index >= 15 is 9.59 Å². The molecule has 2 saturated heterocycles. The standard InChI is InChI=1S/C49H53N7O7/c1-32-35(12-9-13-46(32)61-4)29-53(38-16-18-44-37(25-38)28-50-55(44)47-14-7-8-21-63-47)49(58)42-27-45(51(3)33(42)2)43-26-39(56(59)60)15-17-41(43)48(57)54-30-36-11-6-5-10-34(36)24-40(54)31-52-19-22-62-23-20-52/h5-6,9-13,15-18,25-28,40,47H,7-8,14,19-24,29-31H2,1-4H3/t40-,47?/m1/s1. The Morgan fingerprint density at radius 3 is 2.51 bits per heavy atom. The first-order valence-corrected chi connectivity index (χ1v) is 21.8. The molecule has 0 aliphatic carbocycles. The fraction of sp³-hybridized carbons (Fsp3) is 0.367. The minimum absolute atomic E-state index is 0.130. The molecule has 3 aliphatic rings. The van der Waals surface area contributed by atoms with Gasteiger partial charge < -0.3 is 28.6 Å². The number of aromatic nitrogens is 3. The van der Waals surface area contributed by atoms with E-state index < -0.39 is 4.92 Å². The molecule has 4 aromatic carbocycles. The molecule has 2 fully saturated rings. The molecular formula is C49H53N7O7. The molecule has 14 heteroatoms. The molecule has 2 atom stereocenters. The van der Waals surface area contributed by atoms with Gasteiger partial charge in [0.1, 0.15) is 5.75 Å². The van der Waals surface area contributed by atoms with E-state index in [1.807, 2.05) is 89.8 Å². The number of nitrogens with zero attached hydrogens (tertiary/aromatic N) is 7. The topological polar surface area (TPSA) is 137 Å². The molecule has 0 bridgehead atoms. The van der Waals surface area contributed by atoms with Crippen LogP contribution in [0.2, 0.25) is 0 Å². The number of nitro benzene ring substituents is 1. The lowest BCUT2D eigenvalue weighted by atomic mass is 9.92. The van der Waals surface area contributed by atoms with Crippen LogP contribution in [0.5, 0.6) is 5.75 Å². The van der Waals surface area contributed by atoms with Crippen molar-refractivity contribution in [2.45, 2.75) is 64.9 Å². The van der Waals surface area contributed by atoms with Crippen LogP contribution >= 0.6 is 0 Å². The molecule has 0 spiro atoms. The van der Waals surface area contributed by atoms with Crippen LogP contribution in [0.3, 0.4) is 0 Å². The van der Waals surface area contributed by atoms with Crippen LogP contribution < -0.4 is 9.64 Å². The third kappa shape index (κ3) is 8.21. The SMILES string of the molecule is COc1cccc(CN(C(=O)c2cc(-c3cc([N+](=O)[O-])ccc3C(=O)N3Cc4ccccc4C[C@@H]3CN3CCOCC3)n(C)c2C)c2ccc3c(cnn3C3CCCCO3)c2)c1C. The maximum absolute atomic E-state index is 15.3. The number of amides is 2. The summed E-state index contributed by atoms with van der Waals surface area (Å²) in [5, 5.41) is 17.9. The summed E-state index contributed by atoms with van der Waals surface area (Å²) in [6, 6.07) is 26.0. The highest BCUT2D eigenvalue weighted by atomic mass is 16.6. The van der Waals surface area contributed by atoms with Gasteiger partial charge in [-0.25, -0.2) is 4.68 Å². The third-order valence-corrected chi connectivity index (χ3v) is 13.2. The highest BCUT2D eigenvalue weighted by Gasteiger charge is 2.35. The largest absolute Gasteiger partial charge is 0.496 e. The summed E-state index contributed by atoms with van der Waals surface area (Å²) in [5.41, 5.74) is 7.84. The van der Waals surface area contributed by atoms with Gasteiger partial charge >= 0.3 is 0 Å². The minimum atomic E-state index is -0.450. The van der Waals surface area contributed by atoms with Crippen molar-refractivity contribution in [3.8, 4) is 17.0 Å². The molecule has 9 rings (SSSR count). The molecule has 0 saturated carbocycles. The van der Waals surface area contributed by atoms with E-state index in [0.717, 1.165) is 65.7 Å². The van der Waals surface area contributed by atoms with Gasteiger partial charge in [0, 0.05) is 91.6 Å². The van der Waals surface area contributed by atoms with Gasteiger partial charge in [0.25, 0.3) is 17.5 Å².